The standard InChI is InChI=1S/C22H20FN3O3/c1-12(2)28-18-10-15-17(11-16(18)21-25-8-9-26-21)29-20(19(15)22(27)24-3)13-4-6-14(23)7-5-13/h4-12H,1-3H3,(H,24,27)(H,25,26). The van der Waals surface area contributed by atoms with Gasteiger partial charge in [-0.3, -0.25) is 4.79 Å². The lowest BCUT2D eigenvalue weighted by atomic mass is 10.0. The molecule has 6 nitrogen and oxygen atoms in total. The number of halogens is 1. The van der Waals surface area contributed by atoms with Gasteiger partial charge in [0.05, 0.1) is 17.2 Å². The van der Waals surface area contributed by atoms with Gasteiger partial charge in [0.2, 0.25) is 0 Å². The number of imidazole rings is 1. The van der Waals surface area contributed by atoms with Crippen molar-refractivity contribution in [2.24, 2.45) is 0 Å². The number of carbonyl (C=O) groups excluding carboxylic acids is 1. The molecule has 2 heterocycles. The first kappa shape index (κ1) is 18.7. The lowest BCUT2D eigenvalue weighted by Crippen LogP contribution is -2.18. The van der Waals surface area contributed by atoms with Gasteiger partial charge in [-0.05, 0) is 50.2 Å². The quantitative estimate of drug-likeness (QED) is 0.512. The van der Waals surface area contributed by atoms with Gasteiger partial charge in [-0.25, -0.2) is 9.37 Å². The van der Waals surface area contributed by atoms with Crippen molar-refractivity contribution in [2.45, 2.75) is 20.0 Å². The van der Waals surface area contributed by atoms with Gasteiger partial charge in [0.25, 0.3) is 5.91 Å². The number of nitrogens with one attached hydrogen (secondary N) is 2. The SMILES string of the molecule is CNC(=O)c1c(-c2ccc(F)cc2)oc2cc(-c3ncc[nH]3)c(OC(C)C)cc12. The first-order valence-corrected chi connectivity index (χ1v) is 9.23. The summed E-state index contributed by atoms with van der Waals surface area (Å²) in [7, 11) is 1.55. The molecule has 2 aromatic heterocycles. The van der Waals surface area contributed by atoms with E-state index >= 15 is 0 Å². The van der Waals surface area contributed by atoms with Crippen LogP contribution in [0, 0.1) is 5.82 Å². The minimum absolute atomic E-state index is 0.0758. The summed E-state index contributed by atoms with van der Waals surface area (Å²) in [6, 6.07) is 9.41. The Bertz CT molecular complexity index is 1160. The van der Waals surface area contributed by atoms with Crippen molar-refractivity contribution in [3.8, 4) is 28.5 Å². The molecule has 0 aliphatic carbocycles. The summed E-state index contributed by atoms with van der Waals surface area (Å²) in [6.45, 7) is 3.85. The molecular formula is C22H20FN3O3. The third-order valence-corrected chi connectivity index (χ3v) is 4.47. The highest BCUT2D eigenvalue weighted by Gasteiger charge is 2.24. The minimum Gasteiger partial charge on any atom is -0.490 e. The summed E-state index contributed by atoms with van der Waals surface area (Å²) in [6.07, 6.45) is 3.30. The predicted octanol–water partition coefficient (Wildman–Crippen LogP) is 4.78. The van der Waals surface area contributed by atoms with Crippen LogP contribution in [0.25, 0.3) is 33.7 Å². The maximum absolute atomic E-state index is 13.4. The minimum atomic E-state index is -0.362. The number of furan rings is 1. The first-order valence-electron chi connectivity index (χ1n) is 9.23. The van der Waals surface area contributed by atoms with Crippen molar-refractivity contribution in [3.05, 3.63) is 60.2 Å². The smallest absolute Gasteiger partial charge is 0.255 e. The Morgan fingerprint density at radius 1 is 1.24 bits per heavy atom. The van der Waals surface area contributed by atoms with Gasteiger partial charge in [0.15, 0.2) is 0 Å². The monoisotopic (exact) mass is 393 g/mol. The zero-order valence-electron chi connectivity index (χ0n) is 16.2. The number of aromatic amines is 1. The number of rotatable bonds is 5. The molecule has 0 saturated heterocycles. The number of nitrogens with zero attached hydrogens (tertiary/aromatic N) is 1. The molecule has 0 aliphatic rings. The molecule has 0 fully saturated rings. The number of aromatic nitrogens is 2. The highest BCUT2D eigenvalue weighted by molar-refractivity contribution is 6.12. The Kier molecular flexibility index (Phi) is 4.80. The number of benzene rings is 2. The molecule has 0 aliphatic heterocycles. The van der Waals surface area contributed by atoms with Gasteiger partial charge in [-0.15, -0.1) is 0 Å². The third kappa shape index (κ3) is 3.47. The van der Waals surface area contributed by atoms with Crippen LogP contribution in [-0.4, -0.2) is 29.0 Å². The lowest BCUT2D eigenvalue weighted by Gasteiger charge is -2.13. The van der Waals surface area contributed by atoms with Crippen LogP contribution in [0.2, 0.25) is 0 Å². The fourth-order valence-electron chi connectivity index (χ4n) is 3.23. The molecular weight excluding hydrogens is 373 g/mol. The number of hydrogen-bond donors (Lipinski definition) is 2. The second-order valence-corrected chi connectivity index (χ2v) is 6.84. The van der Waals surface area contributed by atoms with Crippen LogP contribution >= 0.6 is 0 Å². The molecule has 0 unspecified atom stereocenters. The number of ether oxygens (including phenoxy) is 1. The Labute approximate surface area is 166 Å². The van der Waals surface area contributed by atoms with Crippen LogP contribution in [0.3, 0.4) is 0 Å². The summed E-state index contributed by atoms with van der Waals surface area (Å²) < 4.78 is 25.4. The van der Waals surface area contributed by atoms with Gasteiger partial charge in [0.1, 0.15) is 28.7 Å². The largest absolute Gasteiger partial charge is 0.490 e. The molecule has 7 heteroatoms. The van der Waals surface area contributed by atoms with Crippen molar-refractivity contribution in [1.82, 2.24) is 15.3 Å². The number of amides is 1. The Hall–Kier alpha value is -3.61. The molecule has 1 amide bonds. The van der Waals surface area contributed by atoms with Crippen molar-refractivity contribution in [2.75, 3.05) is 7.05 Å². The van der Waals surface area contributed by atoms with Crippen LogP contribution in [-0.2, 0) is 0 Å². The number of carbonyl (C=O) groups is 1. The van der Waals surface area contributed by atoms with E-state index in [0.717, 1.165) is 5.56 Å². The molecule has 2 N–H and O–H groups in total. The molecule has 0 spiro atoms. The highest BCUT2D eigenvalue weighted by atomic mass is 19.1. The van der Waals surface area contributed by atoms with E-state index in [0.29, 0.717) is 39.4 Å². The molecule has 4 rings (SSSR count). The Balaban J connectivity index is 2.00. The molecule has 29 heavy (non-hydrogen) atoms. The third-order valence-electron chi connectivity index (χ3n) is 4.47. The van der Waals surface area contributed by atoms with Gasteiger partial charge < -0.3 is 19.5 Å². The molecule has 148 valence electrons. The molecule has 2 aromatic carbocycles. The average Bonchev–Trinajstić information content (AvgIpc) is 3.34. The van der Waals surface area contributed by atoms with Crippen LogP contribution in [0.15, 0.2) is 53.2 Å². The van der Waals surface area contributed by atoms with Crippen LogP contribution in [0.1, 0.15) is 24.2 Å². The van der Waals surface area contributed by atoms with Crippen LogP contribution < -0.4 is 10.1 Å². The number of hydrogen-bond acceptors (Lipinski definition) is 4. The van der Waals surface area contributed by atoms with E-state index in [2.05, 4.69) is 15.3 Å². The molecule has 0 bridgehead atoms. The van der Waals surface area contributed by atoms with E-state index in [1.807, 2.05) is 13.8 Å². The van der Waals surface area contributed by atoms with E-state index in [1.54, 1.807) is 43.7 Å². The van der Waals surface area contributed by atoms with Gasteiger partial charge in [-0.1, -0.05) is 0 Å². The van der Waals surface area contributed by atoms with E-state index in [1.165, 1.54) is 12.1 Å². The molecule has 0 radical (unpaired) electrons. The van der Waals surface area contributed by atoms with E-state index in [-0.39, 0.29) is 17.8 Å². The van der Waals surface area contributed by atoms with E-state index < -0.39 is 0 Å². The summed E-state index contributed by atoms with van der Waals surface area (Å²) in [5.74, 6) is 0.915. The molecule has 4 aromatic rings. The lowest BCUT2D eigenvalue weighted by molar-refractivity contribution is 0.0964. The molecule has 0 saturated carbocycles. The van der Waals surface area contributed by atoms with Crippen molar-refractivity contribution >= 4 is 16.9 Å². The number of H-pyrrole nitrogens is 1. The van der Waals surface area contributed by atoms with Crippen LogP contribution in [0.5, 0.6) is 5.75 Å². The van der Waals surface area contributed by atoms with Gasteiger partial charge in [-0.2, -0.15) is 0 Å². The van der Waals surface area contributed by atoms with Crippen molar-refractivity contribution < 1.29 is 18.3 Å². The summed E-state index contributed by atoms with van der Waals surface area (Å²) in [5.41, 5.74) is 2.20. The van der Waals surface area contributed by atoms with E-state index in [9.17, 15) is 9.18 Å². The first-order chi connectivity index (χ1) is 14.0. The maximum atomic E-state index is 13.4. The van der Waals surface area contributed by atoms with Gasteiger partial charge in [0, 0.05) is 30.4 Å². The second kappa shape index (κ2) is 7.43. The predicted molar refractivity (Wildman–Crippen MR) is 108 cm³/mol. The average molecular weight is 393 g/mol. The highest BCUT2D eigenvalue weighted by Crippen LogP contribution is 2.40. The normalized spacial score (nSPS) is 11.2. The summed E-state index contributed by atoms with van der Waals surface area (Å²) in [4.78, 5) is 20.1. The Morgan fingerprint density at radius 3 is 2.62 bits per heavy atom. The zero-order chi connectivity index (χ0) is 20.5. The molecule has 0 atom stereocenters. The van der Waals surface area contributed by atoms with Crippen molar-refractivity contribution in [1.29, 1.82) is 0 Å². The van der Waals surface area contributed by atoms with Gasteiger partial charge >= 0.3 is 0 Å². The summed E-state index contributed by atoms with van der Waals surface area (Å²) >= 11 is 0. The topological polar surface area (TPSA) is 80.2 Å². The maximum Gasteiger partial charge on any atom is 0.255 e. The van der Waals surface area contributed by atoms with Crippen molar-refractivity contribution in [3.63, 3.8) is 0 Å². The van der Waals surface area contributed by atoms with Crippen LogP contribution in [0.4, 0.5) is 4.39 Å². The Morgan fingerprint density at radius 2 is 2.00 bits per heavy atom. The summed E-state index contributed by atoms with van der Waals surface area (Å²) in [5, 5.41) is 3.26. The zero-order valence-corrected chi connectivity index (χ0v) is 16.2. The second-order valence-electron chi connectivity index (χ2n) is 6.84. The fraction of sp³-hybridized carbons (Fsp3) is 0.182. The number of fused-ring (bicyclic) bond motifs is 1. The van der Waals surface area contributed by atoms with E-state index in [4.69, 9.17) is 9.15 Å². The fourth-order valence-corrected chi connectivity index (χ4v) is 3.23.